The van der Waals surface area contributed by atoms with Gasteiger partial charge in [0.1, 0.15) is 5.01 Å². The van der Waals surface area contributed by atoms with Gasteiger partial charge in [-0.1, -0.05) is 6.07 Å². The summed E-state index contributed by atoms with van der Waals surface area (Å²) >= 11 is 1.53. The zero-order valence-electron chi connectivity index (χ0n) is 15.7. The van der Waals surface area contributed by atoms with Crippen LogP contribution in [-0.2, 0) is 21.4 Å². The van der Waals surface area contributed by atoms with Gasteiger partial charge in [0.2, 0.25) is 11.8 Å². The summed E-state index contributed by atoms with van der Waals surface area (Å²) in [5, 5.41) is 8.61. The molecular formula is C21H20N4O2S. The van der Waals surface area contributed by atoms with Gasteiger partial charge in [0, 0.05) is 29.4 Å². The Morgan fingerprint density at radius 1 is 1.25 bits per heavy atom. The van der Waals surface area contributed by atoms with Crippen molar-refractivity contribution in [2.75, 3.05) is 10.6 Å². The van der Waals surface area contributed by atoms with E-state index in [1.807, 2.05) is 49.6 Å². The monoisotopic (exact) mass is 392 g/mol. The minimum absolute atomic E-state index is 0.0294. The molecule has 0 spiro atoms. The maximum atomic E-state index is 12.4. The van der Waals surface area contributed by atoms with Crippen LogP contribution in [0.25, 0.3) is 10.7 Å². The van der Waals surface area contributed by atoms with Crippen LogP contribution in [0.15, 0.2) is 48.0 Å². The lowest BCUT2D eigenvalue weighted by atomic mass is 9.86. The van der Waals surface area contributed by atoms with E-state index in [9.17, 15) is 9.59 Å². The van der Waals surface area contributed by atoms with Gasteiger partial charge in [-0.15, -0.1) is 11.3 Å². The molecule has 3 aromatic rings. The van der Waals surface area contributed by atoms with Crippen LogP contribution in [0.2, 0.25) is 0 Å². The predicted octanol–water partition coefficient (Wildman–Crippen LogP) is 4.01. The van der Waals surface area contributed by atoms with Crippen LogP contribution in [-0.4, -0.2) is 21.8 Å². The fourth-order valence-electron chi connectivity index (χ4n) is 3.14. The summed E-state index contributed by atoms with van der Waals surface area (Å²) < 4.78 is 0. The second kappa shape index (κ2) is 7.16. The lowest BCUT2D eigenvalue weighted by Gasteiger charge is -2.16. The van der Waals surface area contributed by atoms with Crippen molar-refractivity contribution in [1.82, 2.24) is 9.97 Å². The van der Waals surface area contributed by atoms with E-state index in [-0.39, 0.29) is 11.8 Å². The van der Waals surface area contributed by atoms with Crippen molar-refractivity contribution in [3.8, 4) is 10.7 Å². The minimum Gasteiger partial charge on any atom is -0.326 e. The number of pyridine rings is 1. The molecule has 2 amide bonds. The Morgan fingerprint density at radius 3 is 2.89 bits per heavy atom. The molecule has 3 heterocycles. The first kappa shape index (κ1) is 18.3. The second-order valence-electron chi connectivity index (χ2n) is 7.25. The molecule has 1 aromatic carbocycles. The molecule has 142 valence electrons. The molecule has 6 nitrogen and oxygen atoms in total. The number of nitrogens with zero attached hydrogens (tertiary/aromatic N) is 2. The van der Waals surface area contributed by atoms with Crippen LogP contribution in [0.4, 0.5) is 11.4 Å². The molecule has 0 unspecified atom stereocenters. The summed E-state index contributed by atoms with van der Waals surface area (Å²) in [7, 11) is 0. The smallest absolute Gasteiger partial charge is 0.234 e. The molecular weight excluding hydrogens is 372 g/mol. The van der Waals surface area contributed by atoms with Gasteiger partial charge in [-0.25, -0.2) is 4.98 Å². The summed E-state index contributed by atoms with van der Waals surface area (Å²) in [6, 6.07) is 11.2. The number of fused-ring (bicyclic) bond motifs is 1. The molecule has 1 aliphatic rings. The molecule has 0 radical (unpaired) electrons. The average molecular weight is 392 g/mol. The van der Waals surface area contributed by atoms with Gasteiger partial charge >= 0.3 is 0 Å². The number of rotatable bonds is 5. The molecule has 28 heavy (non-hydrogen) atoms. The molecule has 7 heteroatoms. The number of aryl methyl sites for hydroxylation is 1. The van der Waals surface area contributed by atoms with Gasteiger partial charge in [0.05, 0.1) is 16.8 Å². The van der Waals surface area contributed by atoms with Gasteiger partial charge in [0.15, 0.2) is 0 Å². The van der Waals surface area contributed by atoms with Crippen LogP contribution in [0.1, 0.15) is 31.5 Å². The van der Waals surface area contributed by atoms with Gasteiger partial charge in [-0.05, 0) is 56.2 Å². The Balaban J connectivity index is 1.38. The third-order valence-electron chi connectivity index (χ3n) is 4.84. The lowest BCUT2D eigenvalue weighted by Crippen LogP contribution is -2.26. The third kappa shape index (κ3) is 3.53. The highest BCUT2D eigenvalue weighted by atomic mass is 32.1. The molecule has 0 atom stereocenters. The third-order valence-corrected chi connectivity index (χ3v) is 5.75. The van der Waals surface area contributed by atoms with E-state index in [1.54, 1.807) is 12.3 Å². The van der Waals surface area contributed by atoms with Gasteiger partial charge in [-0.2, -0.15) is 0 Å². The van der Waals surface area contributed by atoms with Crippen molar-refractivity contribution in [2.45, 2.75) is 32.1 Å². The van der Waals surface area contributed by atoms with Crippen molar-refractivity contribution in [1.29, 1.82) is 0 Å². The molecule has 1 aliphatic heterocycles. The quantitative estimate of drug-likeness (QED) is 0.687. The number of carbonyl (C=O) groups is 2. The maximum Gasteiger partial charge on any atom is 0.234 e. The molecule has 0 saturated heterocycles. The SMILES string of the molecule is CC1(C)C(=O)Nc2ccc(NC(=O)CCc3csc(-c4ccccn4)n3)cc21. The number of carbonyl (C=O) groups excluding carboxylic acids is 2. The van der Waals surface area contributed by atoms with Crippen molar-refractivity contribution in [3.63, 3.8) is 0 Å². The number of nitrogens with one attached hydrogen (secondary N) is 2. The highest BCUT2D eigenvalue weighted by molar-refractivity contribution is 7.13. The number of thiazole rings is 1. The highest BCUT2D eigenvalue weighted by Crippen LogP contribution is 2.38. The van der Waals surface area contributed by atoms with Crippen LogP contribution >= 0.6 is 11.3 Å². The molecule has 0 saturated carbocycles. The van der Waals surface area contributed by atoms with Gasteiger partial charge in [-0.3, -0.25) is 14.6 Å². The standard InChI is InChI=1S/C21H20N4O2S/c1-21(2)15-11-13(6-8-16(15)25-20(21)27)23-18(26)9-7-14-12-28-19(24-14)17-5-3-4-10-22-17/h3-6,8,10-12H,7,9H2,1-2H3,(H,23,26)(H,25,27). The summed E-state index contributed by atoms with van der Waals surface area (Å²) in [4.78, 5) is 33.3. The van der Waals surface area contributed by atoms with E-state index in [2.05, 4.69) is 20.6 Å². The fraction of sp³-hybridized carbons (Fsp3) is 0.238. The van der Waals surface area contributed by atoms with E-state index in [1.165, 1.54) is 11.3 Å². The topological polar surface area (TPSA) is 84.0 Å². The fourth-order valence-corrected chi connectivity index (χ4v) is 3.97. The number of hydrogen-bond donors (Lipinski definition) is 2. The summed E-state index contributed by atoms with van der Waals surface area (Å²) in [6.07, 6.45) is 2.64. The Kier molecular flexibility index (Phi) is 4.68. The molecule has 2 aromatic heterocycles. The van der Waals surface area contributed by atoms with Crippen LogP contribution < -0.4 is 10.6 Å². The highest BCUT2D eigenvalue weighted by Gasteiger charge is 2.38. The molecule has 0 aliphatic carbocycles. The van der Waals surface area contributed by atoms with Crippen LogP contribution in [0.3, 0.4) is 0 Å². The van der Waals surface area contributed by atoms with E-state index in [4.69, 9.17) is 0 Å². The average Bonchev–Trinajstić information content (AvgIpc) is 3.25. The molecule has 2 N–H and O–H groups in total. The first-order valence-electron chi connectivity index (χ1n) is 9.05. The Hall–Kier alpha value is -3.06. The maximum absolute atomic E-state index is 12.4. The van der Waals surface area contributed by atoms with Gasteiger partial charge < -0.3 is 10.6 Å². The van der Waals surface area contributed by atoms with Crippen molar-refractivity contribution >= 4 is 34.5 Å². The minimum atomic E-state index is -0.599. The zero-order valence-corrected chi connectivity index (χ0v) is 16.5. The predicted molar refractivity (Wildman–Crippen MR) is 110 cm³/mol. The van der Waals surface area contributed by atoms with Crippen LogP contribution in [0.5, 0.6) is 0 Å². The Morgan fingerprint density at radius 2 is 2.11 bits per heavy atom. The van der Waals surface area contributed by atoms with E-state index in [0.29, 0.717) is 18.5 Å². The number of benzene rings is 1. The molecule has 0 fully saturated rings. The summed E-state index contributed by atoms with van der Waals surface area (Å²) in [6.45, 7) is 3.75. The Labute approximate surface area is 167 Å². The summed E-state index contributed by atoms with van der Waals surface area (Å²) in [5.41, 5.74) is 3.52. The first-order valence-corrected chi connectivity index (χ1v) is 9.93. The number of anilines is 2. The van der Waals surface area contributed by atoms with Crippen molar-refractivity contribution in [3.05, 3.63) is 59.2 Å². The Bertz CT molecular complexity index is 1040. The van der Waals surface area contributed by atoms with E-state index < -0.39 is 5.41 Å². The normalized spacial score (nSPS) is 14.4. The number of hydrogen-bond acceptors (Lipinski definition) is 5. The van der Waals surface area contributed by atoms with Crippen molar-refractivity contribution < 1.29 is 9.59 Å². The van der Waals surface area contributed by atoms with Gasteiger partial charge in [0.25, 0.3) is 0 Å². The van der Waals surface area contributed by atoms with E-state index >= 15 is 0 Å². The first-order chi connectivity index (χ1) is 13.4. The van der Waals surface area contributed by atoms with E-state index in [0.717, 1.165) is 27.6 Å². The van der Waals surface area contributed by atoms with Crippen LogP contribution in [0, 0.1) is 0 Å². The van der Waals surface area contributed by atoms with Crippen molar-refractivity contribution in [2.24, 2.45) is 0 Å². The summed E-state index contributed by atoms with van der Waals surface area (Å²) in [5.74, 6) is -0.111. The zero-order chi connectivity index (χ0) is 19.7. The number of aromatic nitrogens is 2. The number of amides is 2. The molecule has 0 bridgehead atoms. The second-order valence-corrected chi connectivity index (χ2v) is 8.10. The molecule has 4 rings (SSSR count). The lowest BCUT2D eigenvalue weighted by molar-refractivity contribution is -0.119. The largest absolute Gasteiger partial charge is 0.326 e.